The summed E-state index contributed by atoms with van der Waals surface area (Å²) in [6.45, 7) is 0.0937. The first-order valence-corrected chi connectivity index (χ1v) is 12.6. The van der Waals surface area contributed by atoms with Gasteiger partial charge in [0.25, 0.3) is 5.91 Å². The fraction of sp³-hybridized carbons (Fsp3) is 0.480. The molecule has 2 saturated carbocycles. The van der Waals surface area contributed by atoms with E-state index in [-0.39, 0.29) is 41.0 Å². The zero-order valence-corrected chi connectivity index (χ0v) is 21.4. The Labute approximate surface area is 221 Å². The second-order valence-electron chi connectivity index (χ2n) is 10.4. The number of rotatable bonds is 6. The average molecular weight is 555 g/mol. The molecule has 204 valence electrons. The van der Waals surface area contributed by atoms with E-state index >= 15 is 0 Å². The van der Waals surface area contributed by atoms with Crippen LogP contribution in [0.1, 0.15) is 53.5 Å². The topological polar surface area (TPSA) is 97.0 Å². The first-order valence-electron chi connectivity index (χ1n) is 12.2. The van der Waals surface area contributed by atoms with Gasteiger partial charge in [-0.2, -0.15) is 18.3 Å². The summed E-state index contributed by atoms with van der Waals surface area (Å²) in [7, 11) is 2.95. The van der Waals surface area contributed by atoms with Crippen molar-refractivity contribution in [2.24, 2.45) is 25.9 Å². The maximum atomic E-state index is 13.5. The van der Waals surface area contributed by atoms with Gasteiger partial charge in [-0.15, -0.1) is 0 Å². The summed E-state index contributed by atoms with van der Waals surface area (Å²) < 4.78 is 55.0. The van der Waals surface area contributed by atoms with Gasteiger partial charge in [0.15, 0.2) is 0 Å². The number of nitrogens with zero attached hydrogens (tertiary/aromatic N) is 4. The highest BCUT2D eigenvalue weighted by atomic mass is 35.5. The van der Waals surface area contributed by atoms with Gasteiger partial charge in [-0.05, 0) is 55.7 Å². The number of halogens is 5. The van der Waals surface area contributed by atoms with E-state index in [1.807, 2.05) is 0 Å². The van der Waals surface area contributed by atoms with E-state index in [0.29, 0.717) is 29.9 Å². The van der Waals surface area contributed by atoms with E-state index < -0.39 is 23.3 Å². The molecule has 2 aliphatic rings. The van der Waals surface area contributed by atoms with E-state index in [9.17, 15) is 27.5 Å². The number of fused-ring (bicyclic) bond motifs is 1. The van der Waals surface area contributed by atoms with Gasteiger partial charge in [0, 0.05) is 38.3 Å². The minimum absolute atomic E-state index is 0.0198. The van der Waals surface area contributed by atoms with E-state index in [1.54, 1.807) is 17.9 Å². The highest BCUT2D eigenvalue weighted by Gasteiger charge is 2.50. The normalized spacial score (nSPS) is 25.0. The Bertz CT molecular complexity index is 1360. The molecule has 2 heterocycles. The number of aromatic nitrogens is 4. The van der Waals surface area contributed by atoms with Crippen molar-refractivity contribution in [1.82, 2.24) is 19.3 Å². The number of alkyl halides is 3. The highest BCUT2D eigenvalue weighted by molar-refractivity contribution is 6.31. The molecule has 0 radical (unpaired) electrons. The van der Waals surface area contributed by atoms with Crippen LogP contribution in [0.5, 0.6) is 0 Å². The lowest BCUT2D eigenvalue weighted by atomic mass is 9.92. The van der Waals surface area contributed by atoms with Crippen LogP contribution in [-0.4, -0.2) is 42.5 Å². The predicted octanol–water partition coefficient (Wildman–Crippen LogP) is 4.96. The van der Waals surface area contributed by atoms with Crippen LogP contribution in [0.4, 0.5) is 29.1 Å². The number of carbonyl (C=O) groups is 1. The first-order chi connectivity index (χ1) is 17.8. The van der Waals surface area contributed by atoms with Crippen LogP contribution in [0.15, 0.2) is 30.6 Å². The van der Waals surface area contributed by atoms with Crippen LogP contribution in [0.3, 0.4) is 0 Å². The Hall–Kier alpha value is -3.12. The molecule has 3 aromatic rings. The van der Waals surface area contributed by atoms with Crippen LogP contribution in [0, 0.1) is 17.7 Å². The fourth-order valence-corrected chi connectivity index (χ4v) is 6.18. The molecule has 0 saturated heterocycles. The molecule has 0 spiro atoms. The Morgan fingerprint density at radius 2 is 1.89 bits per heavy atom. The minimum atomic E-state index is -4.51. The van der Waals surface area contributed by atoms with Gasteiger partial charge in [-0.1, -0.05) is 11.6 Å². The summed E-state index contributed by atoms with van der Waals surface area (Å²) in [4.78, 5) is 17.6. The third-order valence-electron chi connectivity index (χ3n) is 7.64. The summed E-state index contributed by atoms with van der Waals surface area (Å²) in [5.74, 6) is -0.495. The quantitative estimate of drug-likeness (QED) is 0.374. The molecule has 3 N–H and O–H groups in total. The number of aliphatic hydroxyl groups is 1. The smallest absolute Gasteiger partial charge is 0.388 e. The van der Waals surface area contributed by atoms with Crippen LogP contribution in [-0.2, 0) is 20.3 Å². The van der Waals surface area contributed by atoms with Gasteiger partial charge in [0.05, 0.1) is 22.6 Å². The molecule has 2 atom stereocenters. The van der Waals surface area contributed by atoms with E-state index in [2.05, 4.69) is 20.7 Å². The van der Waals surface area contributed by atoms with Crippen molar-refractivity contribution in [3.8, 4) is 0 Å². The van der Waals surface area contributed by atoms with Crippen molar-refractivity contribution in [2.75, 3.05) is 17.2 Å². The summed E-state index contributed by atoms with van der Waals surface area (Å²) in [5, 5.41) is 20.5. The summed E-state index contributed by atoms with van der Waals surface area (Å²) in [6, 6.07) is 4.88. The number of hydrogen-bond acceptors (Lipinski definition) is 5. The maximum absolute atomic E-state index is 13.5. The summed E-state index contributed by atoms with van der Waals surface area (Å²) in [5.41, 5.74) is -0.492. The van der Waals surface area contributed by atoms with Crippen LogP contribution in [0.2, 0.25) is 5.02 Å². The van der Waals surface area contributed by atoms with Crippen molar-refractivity contribution in [1.29, 1.82) is 0 Å². The molecule has 13 heteroatoms. The first kappa shape index (κ1) is 26.5. The number of amides is 1. The van der Waals surface area contributed by atoms with E-state index in [0.717, 1.165) is 23.6 Å². The third kappa shape index (κ3) is 5.11. The number of nitrogens with one attached hydrogen (secondary N) is 2. The number of benzene rings is 1. The fourth-order valence-electron chi connectivity index (χ4n) is 6.00. The van der Waals surface area contributed by atoms with E-state index in [4.69, 9.17) is 11.6 Å². The van der Waals surface area contributed by atoms with Gasteiger partial charge >= 0.3 is 6.18 Å². The molecule has 2 unspecified atom stereocenters. The van der Waals surface area contributed by atoms with Crippen molar-refractivity contribution in [3.63, 3.8) is 0 Å². The van der Waals surface area contributed by atoms with Gasteiger partial charge < -0.3 is 20.3 Å². The average Bonchev–Trinajstić information content (AvgIpc) is 3.56. The molecular weight excluding hydrogens is 528 g/mol. The third-order valence-corrected chi connectivity index (χ3v) is 7.93. The van der Waals surface area contributed by atoms with Gasteiger partial charge in [-0.25, -0.2) is 9.37 Å². The molecule has 2 aliphatic carbocycles. The zero-order valence-electron chi connectivity index (χ0n) is 20.7. The Balaban J connectivity index is 1.22. The van der Waals surface area contributed by atoms with Crippen molar-refractivity contribution < 1.29 is 27.5 Å². The molecule has 2 aromatic heterocycles. The lowest BCUT2D eigenvalue weighted by Crippen LogP contribution is -2.35. The number of anilines is 2. The lowest BCUT2D eigenvalue weighted by Gasteiger charge is -2.25. The molecule has 38 heavy (non-hydrogen) atoms. The largest absolute Gasteiger partial charge is 0.433 e. The Morgan fingerprint density at radius 3 is 2.50 bits per heavy atom. The molecule has 0 bridgehead atoms. The Kier molecular flexibility index (Phi) is 6.67. The molecule has 5 rings (SSSR count). The van der Waals surface area contributed by atoms with Gasteiger partial charge in [0.1, 0.15) is 23.0 Å². The summed E-state index contributed by atoms with van der Waals surface area (Å²) >= 11 is 5.83. The highest BCUT2D eigenvalue weighted by Crippen LogP contribution is 2.54. The molecule has 2 fully saturated rings. The van der Waals surface area contributed by atoms with Crippen molar-refractivity contribution in [2.45, 2.75) is 43.4 Å². The lowest BCUT2D eigenvalue weighted by molar-refractivity contribution is -0.143. The predicted molar refractivity (Wildman–Crippen MR) is 132 cm³/mol. The number of carbonyl (C=O) groups excluding carboxylic acids is 1. The SMILES string of the molecule is Cn1cnc(C2CC3CC(O)(CNc4cc(C(F)(F)F)n(C)n4)CC3C2)c1C(=O)Nc1ccc(F)c(Cl)c1. The summed E-state index contributed by atoms with van der Waals surface area (Å²) in [6.07, 6.45) is -0.488. The monoisotopic (exact) mass is 554 g/mol. The number of hydrogen-bond donors (Lipinski definition) is 3. The minimum Gasteiger partial charge on any atom is -0.388 e. The maximum Gasteiger partial charge on any atom is 0.433 e. The van der Waals surface area contributed by atoms with Gasteiger partial charge in [-0.3, -0.25) is 9.48 Å². The van der Waals surface area contributed by atoms with Crippen LogP contribution >= 0.6 is 11.6 Å². The molecule has 1 aromatic carbocycles. The molecular formula is C25H27ClF4N6O2. The van der Waals surface area contributed by atoms with Crippen LogP contribution < -0.4 is 10.6 Å². The standard InChI is InChI=1S/C25H27ClF4N6O2/c1-35-12-32-21(22(35)23(37)33-16-3-4-18(27)17(26)7-16)13-5-14-9-24(38,10-15(14)6-13)11-31-20-8-19(25(28,29)30)36(2)34-20/h3-4,7-8,12-15,38H,5-6,9-11H2,1-2H3,(H,31,34)(H,33,37). The van der Waals surface area contributed by atoms with Crippen molar-refractivity contribution in [3.05, 3.63) is 58.5 Å². The second kappa shape index (κ2) is 9.57. The number of imidazole rings is 1. The second-order valence-corrected chi connectivity index (χ2v) is 10.8. The molecule has 0 aliphatic heterocycles. The number of aryl methyl sites for hydroxylation is 2. The zero-order chi connectivity index (χ0) is 27.4. The van der Waals surface area contributed by atoms with Crippen molar-refractivity contribution >= 4 is 29.0 Å². The van der Waals surface area contributed by atoms with E-state index in [1.165, 1.54) is 25.2 Å². The van der Waals surface area contributed by atoms with Crippen LogP contribution in [0.25, 0.3) is 0 Å². The molecule has 8 nitrogen and oxygen atoms in total. The Morgan fingerprint density at radius 1 is 1.21 bits per heavy atom. The van der Waals surface area contributed by atoms with Gasteiger partial charge in [0.2, 0.25) is 0 Å². The molecule has 1 amide bonds.